The number of halogens is 3. The first-order chi connectivity index (χ1) is 13.3. The van der Waals surface area contributed by atoms with Gasteiger partial charge in [0.15, 0.2) is 0 Å². The zero-order valence-corrected chi connectivity index (χ0v) is 15.4. The van der Waals surface area contributed by atoms with Crippen LogP contribution in [0.25, 0.3) is 0 Å². The van der Waals surface area contributed by atoms with Crippen LogP contribution in [0.15, 0.2) is 30.3 Å². The number of hydrogen-bond donors (Lipinski definition) is 1. The fraction of sp³-hybridized carbons (Fsp3) is 0.632. The number of rotatable bonds is 5. The van der Waals surface area contributed by atoms with E-state index >= 15 is 0 Å². The molecule has 2 aliphatic heterocycles. The highest BCUT2D eigenvalue weighted by atomic mass is 19.4. The monoisotopic (exact) mass is 403 g/mol. The summed E-state index contributed by atoms with van der Waals surface area (Å²) in [5, 5.41) is 8.79. The van der Waals surface area contributed by atoms with Gasteiger partial charge in [-0.05, 0) is 18.4 Å². The van der Waals surface area contributed by atoms with Crippen LogP contribution in [0.1, 0.15) is 24.8 Å². The van der Waals surface area contributed by atoms with Gasteiger partial charge in [0.1, 0.15) is 0 Å². The Hall–Kier alpha value is -1.84. The molecule has 0 aromatic heterocycles. The summed E-state index contributed by atoms with van der Waals surface area (Å²) >= 11 is 0. The molecule has 6 nitrogen and oxygen atoms in total. The summed E-state index contributed by atoms with van der Waals surface area (Å²) in [7, 11) is 0. The number of carbonyl (C=O) groups excluding carboxylic acids is 1. The van der Waals surface area contributed by atoms with Gasteiger partial charge in [0.2, 0.25) is 6.10 Å². The van der Waals surface area contributed by atoms with Gasteiger partial charge >= 0.3 is 12.3 Å². The van der Waals surface area contributed by atoms with Gasteiger partial charge in [-0.1, -0.05) is 30.3 Å². The molecule has 2 saturated heterocycles. The van der Waals surface area contributed by atoms with Crippen LogP contribution in [0.5, 0.6) is 0 Å². The Morgan fingerprint density at radius 1 is 1.29 bits per heavy atom. The molecule has 3 rings (SSSR count). The Kier molecular flexibility index (Phi) is 6.47. The first kappa shape index (κ1) is 20.9. The molecule has 2 fully saturated rings. The first-order valence-corrected chi connectivity index (χ1v) is 9.24. The molecule has 156 valence electrons. The molecule has 1 aromatic rings. The number of ether oxygens (including phenoxy) is 3. The molecule has 2 atom stereocenters. The van der Waals surface area contributed by atoms with Crippen LogP contribution < -0.4 is 0 Å². The van der Waals surface area contributed by atoms with E-state index in [4.69, 9.17) is 14.6 Å². The third-order valence-electron chi connectivity index (χ3n) is 5.21. The molecular weight excluding hydrogens is 379 g/mol. The summed E-state index contributed by atoms with van der Waals surface area (Å²) in [4.78, 5) is 13.2. The maximum Gasteiger partial charge on any atom is 0.427 e. The highest BCUT2D eigenvalue weighted by molar-refractivity contribution is 5.68. The number of alkyl halides is 3. The normalized spacial score (nSPS) is 23.0. The van der Waals surface area contributed by atoms with Crippen molar-refractivity contribution in [2.45, 2.75) is 49.9 Å². The summed E-state index contributed by atoms with van der Waals surface area (Å²) in [6.45, 7) is 0.123. The minimum atomic E-state index is -4.79. The van der Waals surface area contributed by atoms with Gasteiger partial charge < -0.3 is 24.2 Å². The van der Waals surface area contributed by atoms with Gasteiger partial charge in [0.05, 0.1) is 31.5 Å². The Morgan fingerprint density at radius 3 is 2.57 bits per heavy atom. The zero-order chi connectivity index (χ0) is 20.2. The Balaban J connectivity index is 1.45. The molecule has 2 aliphatic rings. The fourth-order valence-electron chi connectivity index (χ4n) is 3.55. The summed E-state index contributed by atoms with van der Waals surface area (Å²) in [5.74, 6) is 0. The lowest BCUT2D eigenvalue weighted by atomic mass is 9.88. The summed E-state index contributed by atoms with van der Waals surface area (Å²) in [6.07, 6.45) is -6.73. The van der Waals surface area contributed by atoms with Gasteiger partial charge in [-0.3, -0.25) is 0 Å². The largest absolute Gasteiger partial charge is 0.434 e. The van der Waals surface area contributed by atoms with E-state index in [1.807, 2.05) is 30.3 Å². The van der Waals surface area contributed by atoms with Crippen LogP contribution in [-0.2, 0) is 20.8 Å². The number of hydrogen-bond acceptors (Lipinski definition) is 5. The van der Waals surface area contributed by atoms with Crippen molar-refractivity contribution in [2.75, 3.05) is 26.3 Å². The minimum absolute atomic E-state index is 0.0530. The average molecular weight is 403 g/mol. The summed E-state index contributed by atoms with van der Waals surface area (Å²) < 4.78 is 54.2. The maximum absolute atomic E-state index is 12.6. The van der Waals surface area contributed by atoms with E-state index in [0.29, 0.717) is 32.5 Å². The van der Waals surface area contributed by atoms with Crippen molar-refractivity contribution in [1.29, 1.82) is 0 Å². The molecule has 2 heterocycles. The van der Waals surface area contributed by atoms with Crippen LogP contribution in [0, 0.1) is 0 Å². The number of carbonyl (C=O) groups is 1. The third-order valence-corrected chi connectivity index (χ3v) is 5.21. The Labute approximate surface area is 161 Å². The van der Waals surface area contributed by atoms with Crippen molar-refractivity contribution in [2.24, 2.45) is 0 Å². The minimum Gasteiger partial charge on any atom is -0.434 e. The van der Waals surface area contributed by atoms with Crippen LogP contribution in [-0.4, -0.2) is 66.4 Å². The standard InChI is InChI=1S/C19H24F3NO5/c20-19(21,22)16(11-24)28-17(25)23-8-6-18(7-9-23)10-15(13-27-18)26-12-14-4-2-1-3-5-14/h1-5,15-16,24H,6-13H2/t15?,16-/m1/s1. The molecule has 0 aliphatic carbocycles. The van der Waals surface area contributed by atoms with E-state index in [2.05, 4.69) is 4.74 Å². The predicted octanol–water partition coefficient (Wildman–Crippen LogP) is 2.89. The fourth-order valence-corrected chi connectivity index (χ4v) is 3.55. The lowest BCUT2D eigenvalue weighted by Crippen LogP contribution is -2.49. The quantitative estimate of drug-likeness (QED) is 0.819. The number of nitrogens with zero attached hydrogens (tertiary/aromatic N) is 1. The third kappa shape index (κ3) is 5.15. The van der Waals surface area contributed by atoms with Gasteiger partial charge in [-0.15, -0.1) is 0 Å². The van der Waals surface area contributed by atoms with Crippen molar-refractivity contribution < 1.29 is 37.3 Å². The van der Waals surface area contributed by atoms with Crippen LogP contribution in [0.2, 0.25) is 0 Å². The van der Waals surface area contributed by atoms with E-state index in [0.717, 1.165) is 5.56 Å². The zero-order valence-electron chi connectivity index (χ0n) is 15.4. The van der Waals surface area contributed by atoms with Crippen molar-refractivity contribution in [3.63, 3.8) is 0 Å². The van der Waals surface area contributed by atoms with Gasteiger partial charge in [0, 0.05) is 19.5 Å². The SMILES string of the molecule is O=C(O[C@H](CO)C(F)(F)F)N1CCC2(CC1)CC(OCc1ccccc1)CO2. The molecule has 1 amide bonds. The average Bonchev–Trinajstić information content (AvgIpc) is 3.07. The molecule has 0 bridgehead atoms. The van der Waals surface area contributed by atoms with Crippen molar-refractivity contribution in [3.05, 3.63) is 35.9 Å². The highest BCUT2D eigenvalue weighted by Crippen LogP contribution is 2.37. The van der Waals surface area contributed by atoms with Gasteiger partial charge in [0.25, 0.3) is 0 Å². The van der Waals surface area contributed by atoms with Gasteiger partial charge in [-0.2, -0.15) is 13.2 Å². The topological polar surface area (TPSA) is 68.2 Å². The second kappa shape index (κ2) is 8.67. The maximum atomic E-state index is 12.6. The number of amides is 1. The molecule has 1 unspecified atom stereocenters. The van der Waals surface area contributed by atoms with E-state index in [1.165, 1.54) is 4.90 Å². The highest BCUT2D eigenvalue weighted by Gasteiger charge is 2.46. The van der Waals surface area contributed by atoms with Crippen LogP contribution in [0.4, 0.5) is 18.0 Å². The number of piperidine rings is 1. The molecule has 0 saturated carbocycles. The second-order valence-electron chi connectivity index (χ2n) is 7.20. The van der Waals surface area contributed by atoms with Crippen molar-refractivity contribution in [1.82, 2.24) is 4.90 Å². The van der Waals surface area contributed by atoms with E-state index in [9.17, 15) is 18.0 Å². The molecular formula is C19H24F3NO5. The van der Waals surface area contributed by atoms with E-state index in [-0.39, 0.29) is 19.2 Å². The number of aliphatic hydroxyl groups excluding tert-OH is 1. The number of benzene rings is 1. The van der Waals surface area contributed by atoms with E-state index < -0.39 is 30.6 Å². The lowest BCUT2D eigenvalue weighted by molar-refractivity contribution is -0.215. The molecule has 1 spiro atoms. The van der Waals surface area contributed by atoms with Crippen LogP contribution in [0.3, 0.4) is 0 Å². The van der Waals surface area contributed by atoms with Gasteiger partial charge in [-0.25, -0.2) is 4.79 Å². The Morgan fingerprint density at radius 2 is 1.96 bits per heavy atom. The molecule has 1 N–H and O–H groups in total. The molecule has 28 heavy (non-hydrogen) atoms. The number of likely N-dealkylation sites (tertiary alicyclic amines) is 1. The first-order valence-electron chi connectivity index (χ1n) is 9.24. The Bertz CT molecular complexity index is 647. The predicted molar refractivity (Wildman–Crippen MR) is 92.5 cm³/mol. The van der Waals surface area contributed by atoms with Crippen molar-refractivity contribution >= 4 is 6.09 Å². The molecule has 0 radical (unpaired) electrons. The summed E-state index contributed by atoms with van der Waals surface area (Å²) in [5.41, 5.74) is 0.655. The number of aliphatic hydroxyl groups is 1. The smallest absolute Gasteiger partial charge is 0.427 e. The molecule has 1 aromatic carbocycles. The molecule has 9 heteroatoms. The van der Waals surface area contributed by atoms with Crippen LogP contribution >= 0.6 is 0 Å². The summed E-state index contributed by atoms with van der Waals surface area (Å²) in [6, 6.07) is 9.79. The van der Waals surface area contributed by atoms with E-state index in [1.54, 1.807) is 0 Å². The van der Waals surface area contributed by atoms with Crippen molar-refractivity contribution in [3.8, 4) is 0 Å². The lowest BCUT2D eigenvalue weighted by Gasteiger charge is -2.38. The second-order valence-corrected chi connectivity index (χ2v) is 7.20.